The van der Waals surface area contributed by atoms with Crippen molar-refractivity contribution in [3.63, 3.8) is 0 Å². The first kappa shape index (κ1) is 27.8. The highest BCUT2D eigenvalue weighted by molar-refractivity contribution is 6.22. The van der Waals surface area contributed by atoms with Crippen molar-refractivity contribution in [3.8, 4) is 11.8 Å². The lowest BCUT2D eigenvalue weighted by Crippen LogP contribution is -2.42. The summed E-state index contributed by atoms with van der Waals surface area (Å²) in [6.45, 7) is 9.10. The number of H-pyrrole nitrogens is 1. The summed E-state index contributed by atoms with van der Waals surface area (Å²) in [7, 11) is 0. The molecule has 1 saturated heterocycles. The zero-order valence-electron chi connectivity index (χ0n) is 21.5. The number of likely N-dealkylation sites (tertiary alicyclic amines) is 1. The Hall–Kier alpha value is -3.75. The number of fused-ring (bicyclic) bond motifs is 1. The third-order valence-electron chi connectivity index (χ3n) is 5.88. The normalized spacial score (nSPS) is 17.0. The van der Waals surface area contributed by atoms with Crippen LogP contribution in [0.4, 0.5) is 18.0 Å². The number of alkyl halides is 3. The number of hydrogen-bond acceptors (Lipinski definition) is 6. The topological polar surface area (TPSA) is 121 Å². The second-order valence-corrected chi connectivity index (χ2v) is 9.91. The minimum atomic E-state index is -4.59. The summed E-state index contributed by atoms with van der Waals surface area (Å²) in [6.07, 6.45) is -1.45. The lowest BCUT2D eigenvalue weighted by atomic mass is 10.0. The molecule has 1 amide bonds. The number of carbonyl (C=O) groups is 1. The smallest absolute Gasteiger partial charge is 0.425 e. The molecule has 1 fully saturated rings. The molecule has 200 valence electrons. The molecule has 0 radical (unpaired) electrons. The predicted octanol–water partition coefficient (Wildman–Crippen LogP) is 4.11. The van der Waals surface area contributed by atoms with Gasteiger partial charge in [-0.25, -0.2) is 4.79 Å². The Morgan fingerprint density at radius 1 is 1.35 bits per heavy atom. The Balaban J connectivity index is 1.85. The van der Waals surface area contributed by atoms with Gasteiger partial charge in [-0.05, 0) is 47.5 Å². The number of halogens is 3. The number of nitrogens with zero attached hydrogens (tertiary/aromatic N) is 4. The molecule has 0 unspecified atom stereocenters. The van der Waals surface area contributed by atoms with E-state index in [1.165, 1.54) is 23.0 Å². The molecule has 37 heavy (non-hydrogen) atoms. The molecule has 3 heterocycles. The van der Waals surface area contributed by atoms with Crippen LogP contribution >= 0.6 is 0 Å². The molecular formula is C25H32F3N6O3+. The molecule has 3 N–H and O–H groups in total. The summed E-state index contributed by atoms with van der Waals surface area (Å²) in [4.78, 5) is 18.8. The van der Waals surface area contributed by atoms with E-state index in [1.807, 2.05) is 26.8 Å². The van der Waals surface area contributed by atoms with Crippen molar-refractivity contribution in [2.45, 2.75) is 71.4 Å². The zero-order chi connectivity index (χ0) is 27.5. The van der Waals surface area contributed by atoms with Crippen molar-refractivity contribution >= 4 is 22.9 Å². The zero-order valence-corrected chi connectivity index (χ0v) is 21.5. The Morgan fingerprint density at radius 3 is 2.54 bits per heavy atom. The first-order valence-electron chi connectivity index (χ1n) is 11.9. The number of allylic oxidation sites excluding steroid dienone is 1. The van der Waals surface area contributed by atoms with E-state index in [-0.39, 0.29) is 29.0 Å². The van der Waals surface area contributed by atoms with E-state index in [0.29, 0.717) is 42.8 Å². The summed E-state index contributed by atoms with van der Waals surface area (Å²) < 4.78 is 51.8. The number of piperidine rings is 1. The molecule has 1 aliphatic rings. The quantitative estimate of drug-likeness (QED) is 0.453. The first-order valence-corrected chi connectivity index (χ1v) is 11.9. The van der Waals surface area contributed by atoms with E-state index in [9.17, 15) is 23.2 Å². The van der Waals surface area contributed by atoms with Crippen molar-refractivity contribution in [1.29, 1.82) is 5.26 Å². The molecule has 3 rings (SSSR count). The van der Waals surface area contributed by atoms with Crippen LogP contribution in [-0.2, 0) is 4.74 Å². The maximum Gasteiger partial charge on any atom is 0.425 e. The van der Waals surface area contributed by atoms with E-state index in [0.717, 1.165) is 6.92 Å². The number of aromatic nitrogens is 2. The number of amides is 1. The molecule has 2 aromatic heterocycles. The Labute approximate surface area is 213 Å². The van der Waals surface area contributed by atoms with Gasteiger partial charge in [0.05, 0.1) is 17.8 Å². The van der Waals surface area contributed by atoms with Crippen LogP contribution in [0.1, 0.15) is 58.6 Å². The molecule has 9 nitrogen and oxygen atoms in total. The van der Waals surface area contributed by atoms with Crippen molar-refractivity contribution in [2.24, 2.45) is 10.7 Å². The minimum Gasteiger partial charge on any atom is -0.474 e. The molecule has 0 bridgehead atoms. The van der Waals surface area contributed by atoms with Gasteiger partial charge < -0.3 is 20.1 Å². The van der Waals surface area contributed by atoms with Crippen LogP contribution in [0, 0.1) is 11.3 Å². The van der Waals surface area contributed by atoms with Gasteiger partial charge in [-0.15, -0.1) is 0 Å². The standard InChI is InChI=1S/C25H31F3N6O3/c1-15(32-19-6-8-33(9-7-19)23(35)37-24(3,4)5)20(12-30)17-10-21(36-16(2)25(26,27)28)22-18(11-29)13-31-34(22)14-17/h10,12-14,16,19H,6-9H2,1-5H3,(H2,30,32)/p+1/t16-/m1/s1. The molecule has 1 atom stereocenters. The van der Waals surface area contributed by atoms with E-state index >= 15 is 0 Å². The van der Waals surface area contributed by atoms with Crippen LogP contribution in [0.3, 0.4) is 0 Å². The fourth-order valence-corrected chi connectivity index (χ4v) is 3.99. The number of nitrogens with two attached hydrogens (primary N) is 1. The molecule has 12 heteroatoms. The highest BCUT2D eigenvalue weighted by Crippen LogP contribution is 2.30. The summed E-state index contributed by atoms with van der Waals surface area (Å²) in [5.74, 6) is -0.113. The SMILES string of the molecule is CC(=NC1CCN(C(=O)OC(C)(C)C)CC1)/C(=C\N)c1cc(O[C@H](C)C(F)(F)F)c2c(C#N)c[nH][n+]2c1. The maximum atomic E-state index is 13.2. The van der Waals surface area contributed by atoms with Gasteiger partial charge in [0.1, 0.15) is 11.7 Å². The van der Waals surface area contributed by atoms with Crippen LogP contribution < -0.4 is 15.0 Å². The number of aromatic amines is 1. The third kappa shape index (κ3) is 6.72. The average Bonchev–Trinajstić information content (AvgIpc) is 3.21. The number of aliphatic imine (C=N–C) groups is 1. The van der Waals surface area contributed by atoms with Gasteiger partial charge in [0.25, 0.3) is 5.52 Å². The van der Waals surface area contributed by atoms with E-state index in [1.54, 1.807) is 18.0 Å². The molecule has 1 aliphatic heterocycles. The number of hydrogen-bond donors (Lipinski definition) is 2. The van der Waals surface area contributed by atoms with Gasteiger partial charge in [0.2, 0.25) is 6.20 Å². The van der Waals surface area contributed by atoms with Gasteiger partial charge in [0.15, 0.2) is 17.4 Å². The fraction of sp³-hybridized carbons (Fsp3) is 0.520. The monoisotopic (exact) mass is 521 g/mol. The highest BCUT2D eigenvalue weighted by Gasteiger charge is 2.39. The van der Waals surface area contributed by atoms with Crippen molar-refractivity contribution in [1.82, 2.24) is 10.00 Å². The van der Waals surface area contributed by atoms with E-state index in [2.05, 4.69) is 5.10 Å². The highest BCUT2D eigenvalue weighted by atomic mass is 19.4. The van der Waals surface area contributed by atoms with Crippen LogP contribution in [0.2, 0.25) is 0 Å². The van der Waals surface area contributed by atoms with Gasteiger partial charge in [-0.2, -0.15) is 23.5 Å². The average molecular weight is 522 g/mol. The van der Waals surface area contributed by atoms with Gasteiger partial charge in [-0.3, -0.25) is 4.99 Å². The third-order valence-corrected chi connectivity index (χ3v) is 5.88. The summed E-state index contributed by atoms with van der Waals surface area (Å²) in [5, 5.41) is 12.2. The van der Waals surface area contributed by atoms with Crippen LogP contribution in [0.25, 0.3) is 11.1 Å². The van der Waals surface area contributed by atoms with Gasteiger partial charge >= 0.3 is 12.3 Å². The lowest BCUT2D eigenvalue weighted by Gasteiger charge is -2.32. The summed E-state index contributed by atoms with van der Waals surface area (Å²) in [5.41, 5.74) is 7.21. The molecule has 0 saturated carbocycles. The number of carbonyl (C=O) groups excluding carboxylic acids is 1. The number of nitriles is 1. The summed E-state index contributed by atoms with van der Waals surface area (Å²) >= 11 is 0. The Bertz CT molecular complexity index is 1250. The van der Waals surface area contributed by atoms with Crippen molar-refractivity contribution in [2.75, 3.05) is 13.1 Å². The fourth-order valence-electron chi connectivity index (χ4n) is 3.99. The second kappa shape index (κ2) is 10.7. The predicted molar refractivity (Wildman–Crippen MR) is 131 cm³/mol. The van der Waals surface area contributed by atoms with Crippen LogP contribution in [0.5, 0.6) is 5.75 Å². The Morgan fingerprint density at radius 2 is 2.00 bits per heavy atom. The number of nitrogens with one attached hydrogen (secondary N) is 1. The van der Waals surface area contributed by atoms with Gasteiger partial charge in [0, 0.05) is 36.6 Å². The molecule has 0 spiro atoms. The van der Waals surface area contributed by atoms with E-state index in [4.69, 9.17) is 20.2 Å². The first-order chi connectivity index (χ1) is 17.2. The molecule has 0 aliphatic carbocycles. The molecular weight excluding hydrogens is 489 g/mol. The number of pyridine rings is 1. The van der Waals surface area contributed by atoms with Crippen molar-refractivity contribution < 1.29 is 32.0 Å². The second-order valence-electron chi connectivity index (χ2n) is 9.91. The number of rotatable bonds is 5. The maximum absolute atomic E-state index is 13.2. The minimum absolute atomic E-state index is 0.0679. The Kier molecular flexibility index (Phi) is 8.05. The van der Waals surface area contributed by atoms with Crippen LogP contribution in [-0.4, -0.2) is 58.8 Å². The molecule has 0 aromatic carbocycles. The van der Waals surface area contributed by atoms with E-state index < -0.39 is 17.9 Å². The molecule has 2 aromatic rings. The van der Waals surface area contributed by atoms with Crippen molar-refractivity contribution in [3.05, 3.63) is 35.8 Å². The van der Waals surface area contributed by atoms with Crippen LogP contribution in [0.15, 0.2) is 29.7 Å². The summed E-state index contributed by atoms with van der Waals surface area (Å²) in [6, 6.07) is 3.31. The largest absolute Gasteiger partial charge is 0.474 e. The lowest BCUT2D eigenvalue weighted by molar-refractivity contribution is -0.577. The number of ether oxygens (including phenoxy) is 2. The van der Waals surface area contributed by atoms with Gasteiger partial charge in [-0.1, -0.05) is 4.52 Å².